The van der Waals surface area contributed by atoms with E-state index < -0.39 is 18.0 Å². The van der Waals surface area contributed by atoms with Crippen LogP contribution in [-0.2, 0) is 20.9 Å². The fraction of sp³-hybridized carbons (Fsp3) is 0.562. The number of hydrogen-bond donors (Lipinski definition) is 0. The summed E-state index contributed by atoms with van der Waals surface area (Å²) in [7, 11) is 3.20. The molecule has 1 unspecified atom stereocenters. The molecule has 1 fully saturated rings. The molecule has 1 saturated heterocycles. The van der Waals surface area contributed by atoms with Gasteiger partial charge in [0, 0.05) is 14.2 Å². The fourth-order valence-corrected chi connectivity index (χ4v) is 3.32. The zero-order chi connectivity index (χ0) is 18.5. The highest BCUT2D eigenvalue weighted by atomic mass is 16.5. The van der Waals surface area contributed by atoms with Gasteiger partial charge in [-0.3, -0.25) is 19.4 Å². The van der Waals surface area contributed by atoms with Gasteiger partial charge in [-0.2, -0.15) is 0 Å². The third-order valence-corrected chi connectivity index (χ3v) is 4.73. The van der Waals surface area contributed by atoms with Crippen molar-refractivity contribution in [2.45, 2.75) is 33.4 Å². The Balaban J connectivity index is 2.10. The Morgan fingerprint density at radius 1 is 1.32 bits per heavy atom. The highest BCUT2D eigenvalue weighted by Crippen LogP contribution is 2.34. The molecule has 3 rings (SSSR count). The number of amides is 3. The first-order valence-electron chi connectivity index (χ1n) is 8.06. The summed E-state index contributed by atoms with van der Waals surface area (Å²) in [5.41, 5.74) is 1.88. The number of likely N-dealkylation sites (N-methyl/N-ethyl adjacent to an activating group) is 1. The number of nitrogens with zero attached hydrogens (tertiary/aromatic N) is 5. The quantitative estimate of drug-likeness (QED) is 0.707. The Kier molecular flexibility index (Phi) is 4.19. The molecule has 0 aromatic carbocycles. The van der Waals surface area contributed by atoms with Gasteiger partial charge in [-0.05, 0) is 20.8 Å². The lowest BCUT2D eigenvalue weighted by molar-refractivity contribution is -0.690. The molecule has 1 atom stereocenters. The van der Waals surface area contributed by atoms with Crippen molar-refractivity contribution < 1.29 is 23.7 Å². The van der Waals surface area contributed by atoms with Crippen LogP contribution < -0.4 is 4.57 Å². The van der Waals surface area contributed by atoms with E-state index in [4.69, 9.17) is 4.74 Å². The second-order valence-electron chi connectivity index (χ2n) is 6.33. The molecular formula is C16H22N5O4+. The van der Waals surface area contributed by atoms with E-state index in [1.807, 2.05) is 23.0 Å². The average Bonchev–Trinajstić information content (AvgIpc) is 3.05. The van der Waals surface area contributed by atoms with Crippen LogP contribution in [0.15, 0.2) is 4.99 Å². The molecule has 9 heteroatoms. The Morgan fingerprint density at radius 2 is 2.00 bits per heavy atom. The van der Waals surface area contributed by atoms with E-state index in [2.05, 4.69) is 4.99 Å². The molecule has 9 nitrogen and oxygen atoms in total. The molecule has 2 aliphatic rings. The van der Waals surface area contributed by atoms with Crippen LogP contribution in [0.3, 0.4) is 0 Å². The maximum absolute atomic E-state index is 12.9. The SMILES string of the molecule is COCC[n+]1c(C)c(C)n2c1N=C1C2C(=O)N(CC(C)=O)C(=O)N1C. The van der Waals surface area contributed by atoms with E-state index >= 15 is 0 Å². The number of carbonyl (C=O) groups excluding carboxylic acids is 3. The molecule has 1 aromatic rings. The van der Waals surface area contributed by atoms with Crippen molar-refractivity contribution in [3.05, 3.63) is 11.4 Å². The molecule has 0 aliphatic carbocycles. The zero-order valence-electron chi connectivity index (χ0n) is 15.1. The van der Waals surface area contributed by atoms with Crippen molar-refractivity contribution >= 4 is 29.5 Å². The minimum absolute atomic E-state index is 0.232. The summed E-state index contributed by atoms with van der Waals surface area (Å²) in [6.07, 6.45) is 0. The van der Waals surface area contributed by atoms with Gasteiger partial charge in [0.2, 0.25) is 11.9 Å². The van der Waals surface area contributed by atoms with Crippen molar-refractivity contribution in [1.29, 1.82) is 0 Å². The highest BCUT2D eigenvalue weighted by molar-refractivity contribution is 6.21. The predicted molar refractivity (Wildman–Crippen MR) is 87.7 cm³/mol. The number of Topliss-reactive ketones (excluding diaryl/α,β-unsaturated/α-hetero) is 1. The number of rotatable bonds is 5. The van der Waals surface area contributed by atoms with Crippen LogP contribution in [0.2, 0.25) is 0 Å². The summed E-state index contributed by atoms with van der Waals surface area (Å²) in [6.45, 7) is 6.10. The van der Waals surface area contributed by atoms with Crippen molar-refractivity contribution in [1.82, 2.24) is 14.4 Å². The number of urea groups is 1. The number of ether oxygens (including phenoxy) is 1. The molecule has 0 N–H and O–H groups in total. The first-order chi connectivity index (χ1) is 11.8. The summed E-state index contributed by atoms with van der Waals surface area (Å²) < 4.78 is 8.96. The number of carbonyl (C=O) groups is 3. The van der Waals surface area contributed by atoms with Gasteiger partial charge in [0.25, 0.3) is 5.91 Å². The molecule has 134 valence electrons. The summed E-state index contributed by atoms with van der Waals surface area (Å²) in [4.78, 5) is 43.8. The fourth-order valence-electron chi connectivity index (χ4n) is 3.32. The second-order valence-corrected chi connectivity index (χ2v) is 6.33. The number of amidine groups is 1. The van der Waals surface area contributed by atoms with Gasteiger partial charge in [-0.15, -0.1) is 0 Å². The minimum Gasteiger partial charge on any atom is -0.381 e. The van der Waals surface area contributed by atoms with Crippen LogP contribution in [0.25, 0.3) is 0 Å². The van der Waals surface area contributed by atoms with Crippen molar-refractivity contribution in [2.75, 3.05) is 27.3 Å². The van der Waals surface area contributed by atoms with Gasteiger partial charge >= 0.3 is 12.0 Å². The van der Waals surface area contributed by atoms with Gasteiger partial charge in [-0.25, -0.2) is 13.9 Å². The average molecular weight is 348 g/mol. The third-order valence-electron chi connectivity index (χ3n) is 4.73. The number of imidazole rings is 1. The number of ketones is 1. The lowest BCUT2D eigenvalue weighted by Crippen LogP contribution is -2.58. The lowest BCUT2D eigenvalue weighted by Gasteiger charge is -2.32. The summed E-state index contributed by atoms with van der Waals surface area (Å²) >= 11 is 0. The molecule has 3 heterocycles. The second kappa shape index (κ2) is 6.07. The number of aliphatic imine (C=N–C) groups is 1. The maximum atomic E-state index is 12.9. The summed E-state index contributed by atoms with van der Waals surface area (Å²) in [5.74, 6) is 0.334. The van der Waals surface area contributed by atoms with E-state index in [-0.39, 0.29) is 12.3 Å². The molecule has 25 heavy (non-hydrogen) atoms. The minimum atomic E-state index is -0.723. The van der Waals surface area contributed by atoms with Crippen molar-refractivity contribution in [3.63, 3.8) is 0 Å². The molecular weight excluding hydrogens is 326 g/mol. The van der Waals surface area contributed by atoms with Gasteiger partial charge in [-0.1, -0.05) is 4.99 Å². The highest BCUT2D eigenvalue weighted by Gasteiger charge is 2.54. The first kappa shape index (κ1) is 17.3. The van der Waals surface area contributed by atoms with Crippen LogP contribution in [-0.4, -0.2) is 65.2 Å². The molecule has 3 amide bonds. The van der Waals surface area contributed by atoms with E-state index in [0.717, 1.165) is 16.3 Å². The number of hydrogen-bond acceptors (Lipinski definition) is 5. The third kappa shape index (κ3) is 2.46. The molecule has 0 saturated carbocycles. The van der Waals surface area contributed by atoms with E-state index in [9.17, 15) is 14.4 Å². The van der Waals surface area contributed by atoms with Crippen molar-refractivity contribution in [2.24, 2.45) is 4.99 Å². The standard InChI is InChI=1S/C16H22N5O4/c1-9(22)8-20-14(23)12-13(18(4)16(20)24)17-15-19(6-7-25-5)10(2)11(3)21(12)15/h12H,6-8H2,1-5H3/q+1. The monoisotopic (exact) mass is 348 g/mol. The Morgan fingerprint density at radius 3 is 2.60 bits per heavy atom. The Hall–Kier alpha value is -2.55. The lowest BCUT2D eigenvalue weighted by atomic mass is 10.1. The van der Waals surface area contributed by atoms with Crippen molar-refractivity contribution in [3.8, 4) is 0 Å². The topological polar surface area (TPSA) is 88.1 Å². The van der Waals surface area contributed by atoms with E-state index in [1.54, 1.807) is 14.2 Å². The van der Waals surface area contributed by atoms with Gasteiger partial charge < -0.3 is 4.74 Å². The predicted octanol–water partition coefficient (Wildman–Crippen LogP) is 0.107. The summed E-state index contributed by atoms with van der Waals surface area (Å²) in [6, 6.07) is -1.25. The number of fused-ring (bicyclic) bond motifs is 3. The summed E-state index contributed by atoms with van der Waals surface area (Å²) in [5, 5.41) is 0. The molecule has 0 radical (unpaired) electrons. The molecule has 2 aliphatic heterocycles. The van der Waals surface area contributed by atoms with Crippen LogP contribution in [0.5, 0.6) is 0 Å². The van der Waals surface area contributed by atoms with Gasteiger partial charge in [0.15, 0.2) is 0 Å². The maximum Gasteiger partial charge on any atom is 0.402 e. The van der Waals surface area contributed by atoms with Crippen LogP contribution >= 0.6 is 0 Å². The Labute approximate surface area is 145 Å². The number of methoxy groups -OCH3 is 1. The Bertz CT molecular complexity index is 810. The smallest absolute Gasteiger partial charge is 0.381 e. The first-order valence-corrected chi connectivity index (χ1v) is 8.06. The van der Waals surface area contributed by atoms with Gasteiger partial charge in [0.05, 0.1) is 19.7 Å². The molecule has 0 spiro atoms. The number of aromatic nitrogens is 2. The van der Waals surface area contributed by atoms with Crippen LogP contribution in [0.1, 0.15) is 24.4 Å². The van der Waals surface area contributed by atoms with E-state index in [1.165, 1.54) is 11.8 Å². The number of imide groups is 1. The molecule has 1 aromatic heterocycles. The molecule has 0 bridgehead atoms. The largest absolute Gasteiger partial charge is 0.402 e. The van der Waals surface area contributed by atoms with Crippen LogP contribution in [0.4, 0.5) is 10.7 Å². The zero-order valence-corrected chi connectivity index (χ0v) is 15.1. The van der Waals surface area contributed by atoms with Gasteiger partial charge in [0.1, 0.15) is 17.2 Å². The van der Waals surface area contributed by atoms with E-state index in [0.29, 0.717) is 24.9 Å². The van der Waals surface area contributed by atoms with Crippen LogP contribution in [0, 0.1) is 13.8 Å². The normalized spacial score (nSPS) is 19.2.